The van der Waals surface area contributed by atoms with Gasteiger partial charge in [-0.3, -0.25) is 0 Å². The molecule has 5 rings (SSSR count). The average Bonchev–Trinajstić information content (AvgIpc) is 3.08. The van der Waals surface area contributed by atoms with Gasteiger partial charge in [0.25, 0.3) is 0 Å². The van der Waals surface area contributed by atoms with Gasteiger partial charge in [-0.1, -0.05) is 78.9 Å². The number of fused-ring (bicyclic) bond motifs is 1. The number of hydrogen-bond acceptors (Lipinski definition) is 7. The van der Waals surface area contributed by atoms with E-state index in [4.69, 9.17) is 28.4 Å². The quantitative estimate of drug-likeness (QED) is 0.148. The minimum Gasteiger partial charge on any atom is -0.496 e. The summed E-state index contributed by atoms with van der Waals surface area (Å²) in [6.45, 7) is 8.33. The maximum atomic E-state index is 13.1. The molecule has 0 radical (unpaired) electrons. The summed E-state index contributed by atoms with van der Waals surface area (Å²) in [5.41, 5.74) is 2.64. The summed E-state index contributed by atoms with van der Waals surface area (Å²) in [7, 11) is 3.36. The van der Waals surface area contributed by atoms with E-state index < -0.39 is 5.60 Å². The van der Waals surface area contributed by atoms with Crippen molar-refractivity contribution in [2.24, 2.45) is 0 Å². The van der Waals surface area contributed by atoms with Crippen molar-refractivity contribution >= 4 is 16.9 Å². The summed E-state index contributed by atoms with van der Waals surface area (Å²) >= 11 is 0. The van der Waals surface area contributed by atoms with Gasteiger partial charge in [0.1, 0.15) is 29.8 Å². The Morgan fingerprint density at radius 2 is 1.62 bits per heavy atom. The Morgan fingerprint density at radius 1 is 0.872 bits per heavy atom. The van der Waals surface area contributed by atoms with Gasteiger partial charge in [-0.25, -0.2) is 4.79 Å². The van der Waals surface area contributed by atoms with Crippen molar-refractivity contribution in [2.75, 3.05) is 40.5 Å². The first-order valence-electron chi connectivity index (χ1n) is 16.3. The molecule has 1 fully saturated rings. The molecule has 4 aromatic rings. The molecule has 0 spiro atoms. The number of methoxy groups -OCH3 is 2. The van der Waals surface area contributed by atoms with Crippen molar-refractivity contribution in [2.45, 2.75) is 64.1 Å². The van der Waals surface area contributed by atoms with Crippen molar-refractivity contribution in [1.29, 1.82) is 0 Å². The Morgan fingerprint density at radius 3 is 2.34 bits per heavy atom. The SMILES string of the molecule is COc1c(COC2CN(C(=O)OC(C)(C)C)CCC2c2ccc(OCC(COCc3ccccc3)OC)cc2)ccc2ccccc12. The minimum atomic E-state index is -0.575. The van der Waals surface area contributed by atoms with Gasteiger partial charge in [0.2, 0.25) is 0 Å². The summed E-state index contributed by atoms with van der Waals surface area (Å²) in [5.74, 6) is 1.64. The van der Waals surface area contributed by atoms with Gasteiger partial charge < -0.3 is 33.3 Å². The number of hydrogen-bond donors (Lipinski definition) is 0. The summed E-state index contributed by atoms with van der Waals surface area (Å²) in [5, 5.41) is 2.15. The first-order valence-corrected chi connectivity index (χ1v) is 16.3. The van der Waals surface area contributed by atoms with Gasteiger partial charge in [-0.2, -0.15) is 0 Å². The Labute approximate surface area is 278 Å². The number of carbonyl (C=O) groups excluding carboxylic acids is 1. The number of likely N-dealkylation sites (tertiary alicyclic amines) is 1. The number of rotatable bonds is 13. The number of piperidine rings is 1. The molecule has 0 aliphatic carbocycles. The number of ether oxygens (including phenoxy) is 6. The second-order valence-electron chi connectivity index (χ2n) is 12.9. The van der Waals surface area contributed by atoms with Crippen LogP contribution in [0.5, 0.6) is 11.5 Å². The molecule has 1 heterocycles. The van der Waals surface area contributed by atoms with Crippen LogP contribution in [-0.4, -0.2) is 69.3 Å². The van der Waals surface area contributed by atoms with Crippen molar-refractivity contribution in [3.63, 3.8) is 0 Å². The van der Waals surface area contributed by atoms with Gasteiger partial charge in [-0.05, 0) is 55.8 Å². The fourth-order valence-electron chi connectivity index (χ4n) is 5.87. The predicted octanol–water partition coefficient (Wildman–Crippen LogP) is 7.77. The highest BCUT2D eigenvalue weighted by Crippen LogP contribution is 2.35. The number of carbonyl (C=O) groups is 1. The van der Waals surface area contributed by atoms with Crippen LogP contribution >= 0.6 is 0 Å². The molecule has 1 amide bonds. The summed E-state index contributed by atoms with van der Waals surface area (Å²) in [4.78, 5) is 14.8. The lowest BCUT2D eigenvalue weighted by atomic mass is 9.87. The molecule has 1 saturated heterocycles. The summed E-state index contributed by atoms with van der Waals surface area (Å²) in [6, 6.07) is 30.5. The number of amides is 1. The Kier molecular flexibility index (Phi) is 11.7. The fourth-order valence-corrected chi connectivity index (χ4v) is 5.87. The van der Waals surface area contributed by atoms with Crippen LogP contribution in [0.1, 0.15) is 49.8 Å². The second kappa shape index (κ2) is 16.1. The summed E-state index contributed by atoms with van der Waals surface area (Å²) in [6.07, 6.45) is -0.0277. The van der Waals surface area contributed by atoms with E-state index in [0.717, 1.165) is 45.4 Å². The molecule has 1 aliphatic rings. The highest BCUT2D eigenvalue weighted by Gasteiger charge is 2.35. The topological polar surface area (TPSA) is 75.7 Å². The molecule has 3 atom stereocenters. The average molecular weight is 642 g/mol. The van der Waals surface area contributed by atoms with Crippen molar-refractivity contribution in [3.05, 3.63) is 108 Å². The first kappa shape index (κ1) is 34.2. The maximum Gasteiger partial charge on any atom is 0.410 e. The van der Waals surface area contributed by atoms with Crippen LogP contribution in [0.2, 0.25) is 0 Å². The van der Waals surface area contributed by atoms with Crippen LogP contribution in [0, 0.1) is 0 Å². The maximum absolute atomic E-state index is 13.1. The zero-order valence-electron chi connectivity index (χ0n) is 28.1. The zero-order chi connectivity index (χ0) is 33.2. The smallest absolute Gasteiger partial charge is 0.410 e. The van der Waals surface area contributed by atoms with Gasteiger partial charge in [0.15, 0.2) is 0 Å². The van der Waals surface area contributed by atoms with E-state index in [-0.39, 0.29) is 24.2 Å². The third-order valence-corrected chi connectivity index (χ3v) is 8.32. The molecule has 8 heteroatoms. The lowest BCUT2D eigenvalue weighted by Gasteiger charge is -2.39. The molecule has 0 aromatic heterocycles. The molecule has 250 valence electrons. The van der Waals surface area contributed by atoms with Gasteiger partial charge in [-0.15, -0.1) is 0 Å². The molecule has 3 unspecified atom stereocenters. The van der Waals surface area contributed by atoms with Crippen LogP contribution in [0.15, 0.2) is 91.0 Å². The zero-order valence-corrected chi connectivity index (χ0v) is 28.1. The molecular formula is C39H47NO7. The third-order valence-electron chi connectivity index (χ3n) is 8.32. The third kappa shape index (κ3) is 9.47. The number of nitrogens with zero attached hydrogens (tertiary/aromatic N) is 1. The van der Waals surface area contributed by atoms with Gasteiger partial charge >= 0.3 is 6.09 Å². The van der Waals surface area contributed by atoms with E-state index in [9.17, 15) is 4.79 Å². The monoisotopic (exact) mass is 641 g/mol. The van der Waals surface area contributed by atoms with Crippen LogP contribution in [-0.2, 0) is 32.2 Å². The molecule has 0 saturated carbocycles. The highest BCUT2D eigenvalue weighted by molar-refractivity contribution is 5.89. The standard InChI is InChI=1S/C39H47NO7/c1-39(2,3)47-38(41)40-22-21-34(36(23-40)46-25-31-16-15-29-13-9-10-14-35(29)37(31)43-5)30-17-19-32(20-18-30)45-27-33(42-4)26-44-24-28-11-7-6-8-12-28/h6-20,33-34,36H,21-27H2,1-5H3. The van der Waals surface area contributed by atoms with E-state index in [1.807, 2.05) is 75.4 Å². The largest absolute Gasteiger partial charge is 0.496 e. The van der Waals surface area contributed by atoms with Crippen LogP contribution in [0.25, 0.3) is 10.8 Å². The van der Waals surface area contributed by atoms with Crippen molar-refractivity contribution in [3.8, 4) is 11.5 Å². The lowest BCUT2D eigenvalue weighted by Crippen LogP contribution is -2.48. The fraction of sp³-hybridized carbons (Fsp3) is 0.410. The Hall–Kier alpha value is -4.11. The van der Waals surface area contributed by atoms with E-state index >= 15 is 0 Å². The van der Waals surface area contributed by atoms with Crippen LogP contribution in [0.3, 0.4) is 0 Å². The Balaban J connectivity index is 1.24. The molecule has 47 heavy (non-hydrogen) atoms. The molecule has 1 aliphatic heterocycles. The molecule has 0 bridgehead atoms. The predicted molar refractivity (Wildman–Crippen MR) is 183 cm³/mol. The van der Waals surface area contributed by atoms with E-state index in [0.29, 0.717) is 39.5 Å². The number of benzene rings is 4. The normalized spacial score (nSPS) is 17.3. The van der Waals surface area contributed by atoms with Crippen molar-refractivity contribution in [1.82, 2.24) is 4.90 Å². The lowest BCUT2D eigenvalue weighted by molar-refractivity contribution is -0.0363. The minimum absolute atomic E-state index is 0.0762. The van der Waals surface area contributed by atoms with Gasteiger partial charge in [0.05, 0.1) is 39.6 Å². The van der Waals surface area contributed by atoms with Crippen LogP contribution < -0.4 is 9.47 Å². The Bertz CT molecular complexity index is 1570. The molecule has 0 N–H and O–H groups in total. The van der Waals surface area contributed by atoms with E-state index in [1.54, 1.807) is 19.1 Å². The first-order chi connectivity index (χ1) is 22.7. The highest BCUT2D eigenvalue weighted by atomic mass is 16.6. The molecule has 8 nitrogen and oxygen atoms in total. The van der Waals surface area contributed by atoms with E-state index in [1.165, 1.54) is 0 Å². The van der Waals surface area contributed by atoms with E-state index in [2.05, 4.69) is 36.4 Å². The van der Waals surface area contributed by atoms with Gasteiger partial charge in [0, 0.05) is 30.5 Å². The molecule has 4 aromatic carbocycles. The second-order valence-corrected chi connectivity index (χ2v) is 12.9. The van der Waals surface area contributed by atoms with Crippen molar-refractivity contribution < 1.29 is 33.2 Å². The molecular weight excluding hydrogens is 594 g/mol. The van der Waals surface area contributed by atoms with Crippen LogP contribution in [0.4, 0.5) is 4.79 Å². The summed E-state index contributed by atoms with van der Waals surface area (Å²) < 4.78 is 35.7.